The van der Waals surface area contributed by atoms with E-state index in [1.54, 1.807) is 6.92 Å². The van der Waals surface area contributed by atoms with Gasteiger partial charge in [-0.1, -0.05) is 6.92 Å². The van der Waals surface area contributed by atoms with Crippen LogP contribution >= 0.6 is 0 Å². The van der Waals surface area contributed by atoms with Crippen LogP contribution in [0.15, 0.2) is 0 Å². The van der Waals surface area contributed by atoms with E-state index in [0.717, 1.165) is 12.8 Å². The highest BCUT2D eigenvalue weighted by Gasteiger charge is 2.30. The van der Waals surface area contributed by atoms with Gasteiger partial charge >= 0.3 is 11.9 Å². The fraction of sp³-hybridized carbons (Fsp3) is 0.818. The van der Waals surface area contributed by atoms with E-state index in [2.05, 4.69) is 0 Å². The summed E-state index contributed by atoms with van der Waals surface area (Å²) in [6, 6.07) is 0. The van der Waals surface area contributed by atoms with Crippen molar-refractivity contribution in [2.75, 3.05) is 13.2 Å². The summed E-state index contributed by atoms with van der Waals surface area (Å²) >= 11 is 0. The van der Waals surface area contributed by atoms with Gasteiger partial charge in [0, 0.05) is 5.92 Å². The quantitative estimate of drug-likeness (QED) is 0.666. The van der Waals surface area contributed by atoms with Crippen LogP contribution in [-0.4, -0.2) is 25.2 Å². The van der Waals surface area contributed by atoms with E-state index in [1.165, 1.54) is 0 Å². The van der Waals surface area contributed by atoms with Crippen LogP contribution in [-0.2, 0) is 19.1 Å². The van der Waals surface area contributed by atoms with Crippen molar-refractivity contribution in [3.63, 3.8) is 0 Å². The number of carbonyl (C=O) groups is 2. The molecule has 2 atom stereocenters. The topological polar surface area (TPSA) is 52.6 Å². The highest BCUT2D eigenvalue weighted by molar-refractivity contribution is 5.74. The van der Waals surface area contributed by atoms with Crippen molar-refractivity contribution in [3.05, 3.63) is 0 Å². The molecule has 1 aliphatic rings. The SMILES string of the molecule is CCOC(=O)C[C@@H]1COC(=O)[C@H](CC)C1. The molecule has 0 saturated carbocycles. The first-order valence-corrected chi connectivity index (χ1v) is 5.49. The molecule has 0 radical (unpaired) electrons. The Morgan fingerprint density at radius 2 is 2.27 bits per heavy atom. The van der Waals surface area contributed by atoms with E-state index in [9.17, 15) is 9.59 Å². The van der Waals surface area contributed by atoms with Gasteiger partial charge in [0.05, 0.1) is 25.6 Å². The first-order chi connectivity index (χ1) is 7.17. The van der Waals surface area contributed by atoms with Crippen LogP contribution in [0.3, 0.4) is 0 Å². The third-order valence-electron chi connectivity index (χ3n) is 2.67. The molecule has 86 valence electrons. The van der Waals surface area contributed by atoms with Crippen molar-refractivity contribution in [3.8, 4) is 0 Å². The van der Waals surface area contributed by atoms with Gasteiger partial charge in [-0.15, -0.1) is 0 Å². The predicted octanol–water partition coefficient (Wildman–Crippen LogP) is 1.53. The lowest BCUT2D eigenvalue weighted by molar-refractivity contribution is -0.159. The lowest BCUT2D eigenvalue weighted by Crippen LogP contribution is -2.31. The largest absolute Gasteiger partial charge is 0.466 e. The second-order valence-electron chi connectivity index (χ2n) is 3.85. The van der Waals surface area contributed by atoms with Gasteiger partial charge < -0.3 is 9.47 Å². The second kappa shape index (κ2) is 5.73. The summed E-state index contributed by atoms with van der Waals surface area (Å²) in [6.45, 7) is 4.50. The van der Waals surface area contributed by atoms with E-state index in [4.69, 9.17) is 9.47 Å². The average Bonchev–Trinajstić information content (AvgIpc) is 2.21. The van der Waals surface area contributed by atoms with E-state index < -0.39 is 0 Å². The standard InChI is InChI=1S/C11H18O4/c1-3-9-5-8(7-15-11(9)13)6-10(12)14-4-2/h8-9H,3-7H2,1-2H3/t8-,9-/m1/s1. The third kappa shape index (κ3) is 3.53. The summed E-state index contributed by atoms with van der Waals surface area (Å²) in [5.74, 6) is -0.238. The molecule has 0 bridgehead atoms. The first kappa shape index (κ1) is 12.0. The summed E-state index contributed by atoms with van der Waals surface area (Å²) in [4.78, 5) is 22.5. The molecule has 1 aliphatic heterocycles. The normalized spacial score (nSPS) is 25.9. The monoisotopic (exact) mass is 214 g/mol. The first-order valence-electron chi connectivity index (χ1n) is 5.49. The maximum absolute atomic E-state index is 11.2. The number of ether oxygens (including phenoxy) is 2. The molecular formula is C11H18O4. The van der Waals surface area contributed by atoms with Gasteiger partial charge in [0.2, 0.25) is 0 Å². The highest BCUT2D eigenvalue weighted by Crippen LogP contribution is 2.25. The molecule has 0 N–H and O–H groups in total. The molecule has 0 aliphatic carbocycles. The summed E-state index contributed by atoms with van der Waals surface area (Å²) in [7, 11) is 0. The predicted molar refractivity (Wildman–Crippen MR) is 54.1 cm³/mol. The smallest absolute Gasteiger partial charge is 0.308 e. The number of hydrogen-bond acceptors (Lipinski definition) is 4. The number of hydrogen-bond donors (Lipinski definition) is 0. The van der Waals surface area contributed by atoms with Crippen LogP contribution in [0.25, 0.3) is 0 Å². The number of rotatable bonds is 4. The van der Waals surface area contributed by atoms with Gasteiger partial charge in [0.25, 0.3) is 0 Å². The van der Waals surface area contributed by atoms with E-state index in [0.29, 0.717) is 19.6 Å². The fourth-order valence-electron chi connectivity index (χ4n) is 1.82. The van der Waals surface area contributed by atoms with Crippen LogP contribution < -0.4 is 0 Å². The van der Waals surface area contributed by atoms with Crippen molar-refractivity contribution < 1.29 is 19.1 Å². The zero-order chi connectivity index (χ0) is 11.3. The Balaban J connectivity index is 2.38. The number of carbonyl (C=O) groups excluding carboxylic acids is 2. The van der Waals surface area contributed by atoms with Crippen LogP contribution in [0, 0.1) is 11.8 Å². The van der Waals surface area contributed by atoms with E-state index in [1.807, 2.05) is 6.92 Å². The molecule has 1 rings (SSSR count). The van der Waals surface area contributed by atoms with Gasteiger partial charge in [-0.3, -0.25) is 9.59 Å². The Bertz CT molecular complexity index is 237. The molecule has 4 nitrogen and oxygen atoms in total. The zero-order valence-corrected chi connectivity index (χ0v) is 9.32. The summed E-state index contributed by atoms with van der Waals surface area (Å²) in [6.07, 6.45) is 1.88. The molecule has 0 aromatic heterocycles. The summed E-state index contributed by atoms with van der Waals surface area (Å²) in [5.41, 5.74) is 0. The molecule has 0 unspecified atom stereocenters. The minimum Gasteiger partial charge on any atom is -0.466 e. The summed E-state index contributed by atoms with van der Waals surface area (Å²) < 4.78 is 9.89. The van der Waals surface area contributed by atoms with Crippen LogP contribution in [0.1, 0.15) is 33.1 Å². The van der Waals surface area contributed by atoms with Crippen molar-refractivity contribution in [2.45, 2.75) is 33.1 Å². The van der Waals surface area contributed by atoms with E-state index >= 15 is 0 Å². The lowest BCUT2D eigenvalue weighted by Gasteiger charge is -2.26. The molecule has 1 heterocycles. The number of esters is 2. The fourth-order valence-corrected chi connectivity index (χ4v) is 1.82. The maximum atomic E-state index is 11.2. The van der Waals surface area contributed by atoms with Gasteiger partial charge in [0.1, 0.15) is 0 Å². The van der Waals surface area contributed by atoms with Crippen LogP contribution in [0.4, 0.5) is 0 Å². The van der Waals surface area contributed by atoms with Crippen molar-refractivity contribution in [2.24, 2.45) is 11.8 Å². The molecule has 15 heavy (non-hydrogen) atoms. The Hall–Kier alpha value is -1.06. The Kier molecular flexibility index (Phi) is 4.59. The Morgan fingerprint density at radius 3 is 2.87 bits per heavy atom. The second-order valence-corrected chi connectivity index (χ2v) is 3.85. The molecule has 0 amide bonds. The van der Waals surface area contributed by atoms with Crippen LogP contribution in [0.5, 0.6) is 0 Å². The van der Waals surface area contributed by atoms with E-state index in [-0.39, 0.29) is 23.8 Å². The van der Waals surface area contributed by atoms with Gasteiger partial charge in [-0.05, 0) is 19.8 Å². The molecule has 0 spiro atoms. The average molecular weight is 214 g/mol. The minimum absolute atomic E-state index is 0.0434. The van der Waals surface area contributed by atoms with Gasteiger partial charge in [-0.25, -0.2) is 0 Å². The molecule has 0 aromatic rings. The van der Waals surface area contributed by atoms with Crippen molar-refractivity contribution in [1.29, 1.82) is 0 Å². The zero-order valence-electron chi connectivity index (χ0n) is 9.32. The summed E-state index contributed by atoms with van der Waals surface area (Å²) in [5, 5.41) is 0. The number of cyclic esters (lactones) is 1. The lowest BCUT2D eigenvalue weighted by atomic mass is 9.89. The van der Waals surface area contributed by atoms with Crippen molar-refractivity contribution >= 4 is 11.9 Å². The molecule has 0 aromatic carbocycles. The Labute approximate surface area is 89.9 Å². The highest BCUT2D eigenvalue weighted by atomic mass is 16.5. The third-order valence-corrected chi connectivity index (χ3v) is 2.67. The molecule has 4 heteroatoms. The van der Waals surface area contributed by atoms with Gasteiger partial charge in [0.15, 0.2) is 0 Å². The minimum atomic E-state index is -0.199. The van der Waals surface area contributed by atoms with Crippen molar-refractivity contribution in [1.82, 2.24) is 0 Å². The molecule has 1 fully saturated rings. The maximum Gasteiger partial charge on any atom is 0.308 e. The molecular weight excluding hydrogens is 196 g/mol. The Morgan fingerprint density at radius 1 is 1.53 bits per heavy atom. The molecule has 1 saturated heterocycles. The van der Waals surface area contributed by atoms with Crippen LogP contribution in [0.2, 0.25) is 0 Å². The van der Waals surface area contributed by atoms with Gasteiger partial charge in [-0.2, -0.15) is 0 Å².